The molecule has 0 atom stereocenters. The van der Waals surface area contributed by atoms with Crippen molar-refractivity contribution in [1.82, 2.24) is 4.90 Å². The van der Waals surface area contributed by atoms with Crippen molar-refractivity contribution < 1.29 is 13.5 Å². The fourth-order valence-corrected chi connectivity index (χ4v) is 2.40. The number of rotatable bonds is 5. The molecule has 0 aromatic heterocycles. The molecular weight excluding hydrogens is 282 g/mol. The van der Waals surface area contributed by atoms with Crippen LogP contribution in [0.15, 0.2) is 12.1 Å². The minimum absolute atomic E-state index is 0.134. The number of hydrogen-bond acceptors (Lipinski definition) is 4. The van der Waals surface area contributed by atoms with Crippen LogP contribution in [-0.2, 0) is 0 Å². The van der Waals surface area contributed by atoms with Crippen LogP contribution in [-0.4, -0.2) is 56.7 Å². The van der Waals surface area contributed by atoms with E-state index in [4.69, 9.17) is 4.74 Å². The number of halogens is 2. The molecule has 3 nitrogen and oxygen atoms in total. The molecule has 6 heteroatoms. The number of likely N-dealkylation sites (N-methyl/N-ethyl adjacent to an activating group) is 1. The van der Waals surface area contributed by atoms with Crippen molar-refractivity contribution in [1.29, 1.82) is 0 Å². The van der Waals surface area contributed by atoms with Gasteiger partial charge in [-0.15, -0.1) is 0 Å². The molecule has 1 fully saturated rings. The van der Waals surface area contributed by atoms with Crippen molar-refractivity contribution in [2.24, 2.45) is 0 Å². The molecule has 1 aliphatic heterocycles. The Morgan fingerprint density at radius 3 is 2.50 bits per heavy atom. The molecule has 1 aromatic carbocycles. The van der Waals surface area contributed by atoms with Crippen molar-refractivity contribution in [3.05, 3.63) is 23.8 Å². The highest BCUT2D eigenvalue weighted by Crippen LogP contribution is 2.29. The van der Waals surface area contributed by atoms with E-state index < -0.39 is 11.6 Å². The average Bonchev–Trinajstić information content (AvgIpc) is 2.43. The maximum absolute atomic E-state index is 13.9. The number of hydrogen-bond donors (Lipinski definition) is 0. The Bertz CT molecular complexity index is 451. The van der Waals surface area contributed by atoms with Crippen LogP contribution in [0.4, 0.5) is 14.5 Å². The van der Waals surface area contributed by atoms with Gasteiger partial charge in [0.15, 0.2) is 11.6 Å². The van der Waals surface area contributed by atoms with Crippen LogP contribution < -0.4 is 9.64 Å². The van der Waals surface area contributed by atoms with Crippen LogP contribution >= 0.6 is 11.8 Å². The summed E-state index contributed by atoms with van der Waals surface area (Å²) in [5, 5.41) is 0. The number of anilines is 1. The molecule has 112 valence electrons. The number of nitrogens with zero attached hydrogens (tertiary/aromatic N) is 2. The summed E-state index contributed by atoms with van der Waals surface area (Å²) in [7, 11) is 2.04. The maximum atomic E-state index is 13.9. The summed E-state index contributed by atoms with van der Waals surface area (Å²) in [6.07, 6.45) is 1.96. The van der Waals surface area contributed by atoms with E-state index in [0.717, 1.165) is 38.0 Å². The van der Waals surface area contributed by atoms with Crippen molar-refractivity contribution in [2.45, 2.75) is 0 Å². The molecule has 1 aliphatic rings. The van der Waals surface area contributed by atoms with Gasteiger partial charge in [0.1, 0.15) is 5.82 Å². The highest BCUT2D eigenvalue weighted by molar-refractivity contribution is 7.98. The Morgan fingerprint density at radius 2 is 1.85 bits per heavy atom. The van der Waals surface area contributed by atoms with E-state index in [9.17, 15) is 8.78 Å². The molecule has 20 heavy (non-hydrogen) atoms. The van der Waals surface area contributed by atoms with Crippen molar-refractivity contribution in [3.8, 4) is 5.75 Å². The summed E-state index contributed by atoms with van der Waals surface area (Å²) in [5.74, 6) is -0.249. The van der Waals surface area contributed by atoms with E-state index in [0.29, 0.717) is 12.3 Å². The lowest BCUT2D eigenvalue weighted by Gasteiger charge is -2.34. The van der Waals surface area contributed by atoms with Gasteiger partial charge in [-0.05, 0) is 13.3 Å². The minimum Gasteiger partial charge on any atom is -0.490 e. The van der Waals surface area contributed by atoms with Crippen molar-refractivity contribution in [2.75, 3.05) is 56.7 Å². The van der Waals surface area contributed by atoms with Gasteiger partial charge in [-0.25, -0.2) is 8.78 Å². The summed E-state index contributed by atoms with van der Waals surface area (Å²) in [5.41, 5.74) is 0.429. The summed E-state index contributed by atoms with van der Waals surface area (Å²) < 4.78 is 33.0. The van der Waals surface area contributed by atoms with Crippen molar-refractivity contribution in [3.63, 3.8) is 0 Å². The van der Waals surface area contributed by atoms with Gasteiger partial charge < -0.3 is 14.5 Å². The van der Waals surface area contributed by atoms with Gasteiger partial charge in [0.25, 0.3) is 0 Å². The first-order chi connectivity index (χ1) is 9.61. The van der Waals surface area contributed by atoms with Gasteiger partial charge in [0.05, 0.1) is 12.3 Å². The van der Waals surface area contributed by atoms with E-state index in [1.165, 1.54) is 6.07 Å². The Labute approximate surface area is 122 Å². The zero-order valence-corrected chi connectivity index (χ0v) is 12.7. The first kappa shape index (κ1) is 15.4. The lowest BCUT2D eigenvalue weighted by atomic mass is 10.2. The first-order valence-corrected chi connectivity index (χ1v) is 8.05. The molecule has 0 radical (unpaired) electrons. The van der Waals surface area contributed by atoms with Gasteiger partial charge in [-0.1, -0.05) is 0 Å². The summed E-state index contributed by atoms with van der Waals surface area (Å²) in [6, 6.07) is 2.40. The zero-order chi connectivity index (χ0) is 14.5. The highest BCUT2D eigenvalue weighted by atomic mass is 32.2. The number of benzene rings is 1. The predicted molar refractivity (Wildman–Crippen MR) is 79.9 cm³/mol. The fourth-order valence-electron chi connectivity index (χ4n) is 2.15. The summed E-state index contributed by atoms with van der Waals surface area (Å²) in [6.45, 7) is 3.65. The molecule has 0 saturated carbocycles. The molecule has 1 aromatic rings. The quantitative estimate of drug-likeness (QED) is 0.776. The maximum Gasteiger partial charge on any atom is 0.168 e. The van der Waals surface area contributed by atoms with Gasteiger partial charge in [-0.3, -0.25) is 0 Å². The zero-order valence-electron chi connectivity index (χ0n) is 11.9. The van der Waals surface area contributed by atoms with Gasteiger partial charge in [0, 0.05) is 44.1 Å². The third-order valence-electron chi connectivity index (χ3n) is 3.39. The van der Waals surface area contributed by atoms with E-state index >= 15 is 0 Å². The van der Waals surface area contributed by atoms with Gasteiger partial charge >= 0.3 is 0 Å². The Hall–Kier alpha value is -1.01. The Morgan fingerprint density at radius 1 is 1.15 bits per heavy atom. The van der Waals surface area contributed by atoms with Gasteiger partial charge in [-0.2, -0.15) is 11.8 Å². The van der Waals surface area contributed by atoms with E-state index in [-0.39, 0.29) is 5.75 Å². The summed E-state index contributed by atoms with van der Waals surface area (Å²) in [4.78, 5) is 4.13. The molecule has 0 N–H and O–H groups in total. The molecule has 0 spiro atoms. The molecule has 0 unspecified atom stereocenters. The average molecular weight is 302 g/mol. The lowest BCUT2D eigenvalue weighted by Crippen LogP contribution is -2.44. The second-order valence-corrected chi connectivity index (χ2v) is 5.85. The van der Waals surface area contributed by atoms with E-state index in [1.807, 2.05) is 18.2 Å². The molecule has 0 aliphatic carbocycles. The molecule has 0 bridgehead atoms. The lowest BCUT2D eigenvalue weighted by molar-refractivity contribution is 0.309. The van der Waals surface area contributed by atoms with Crippen molar-refractivity contribution >= 4 is 17.4 Å². The van der Waals surface area contributed by atoms with Crippen LogP contribution in [0.5, 0.6) is 5.75 Å². The fraction of sp³-hybridized carbons (Fsp3) is 0.571. The van der Waals surface area contributed by atoms with Crippen LogP contribution in [0.25, 0.3) is 0 Å². The smallest absolute Gasteiger partial charge is 0.168 e. The van der Waals surface area contributed by atoms with Crippen LogP contribution in [0.2, 0.25) is 0 Å². The second kappa shape index (κ2) is 7.13. The largest absolute Gasteiger partial charge is 0.490 e. The number of ether oxygens (including phenoxy) is 1. The van der Waals surface area contributed by atoms with Crippen LogP contribution in [0.1, 0.15) is 0 Å². The monoisotopic (exact) mass is 302 g/mol. The molecule has 0 amide bonds. The normalized spacial score (nSPS) is 16.5. The summed E-state index contributed by atoms with van der Waals surface area (Å²) >= 11 is 1.62. The molecular formula is C14H20F2N2OS. The highest BCUT2D eigenvalue weighted by Gasteiger charge is 2.20. The SMILES string of the molecule is CSCCOc1cc(N2CCN(C)CC2)c(F)cc1F. The van der Waals surface area contributed by atoms with E-state index in [2.05, 4.69) is 4.90 Å². The third-order valence-corrected chi connectivity index (χ3v) is 3.97. The molecule has 1 saturated heterocycles. The number of piperazine rings is 1. The molecule has 1 heterocycles. The number of thioether (sulfide) groups is 1. The topological polar surface area (TPSA) is 15.7 Å². The molecule has 2 rings (SSSR count). The van der Waals surface area contributed by atoms with E-state index in [1.54, 1.807) is 11.8 Å². The Kier molecular flexibility index (Phi) is 5.48. The van der Waals surface area contributed by atoms with Gasteiger partial charge in [0.2, 0.25) is 0 Å². The standard InChI is InChI=1S/C14H20F2N2OS/c1-17-3-5-18(6-4-17)13-10-14(19-7-8-20-2)12(16)9-11(13)15/h9-10H,3-8H2,1-2H3. The third kappa shape index (κ3) is 3.76. The van der Waals surface area contributed by atoms with Crippen LogP contribution in [0.3, 0.4) is 0 Å². The predicted octanol–water partition coefficient (Wildman–Crippen LogP) is 2.46. The van der Waals surface area contributed by atoms with Crippen LogP contribution in [0, 0.1) is 11.6 Å². The minimum atomic E-state index is -0.638. The second-order valence-electron chi connectivity index (χ2n) is 4.87. The first-order valence-electron chi connectivity index (χ1n) is 6.66. The Balaban J connectivity index is 2.13.